The molecule has 0 saturated carbocycles. The summed E-state index contributed by atoms with van der Waals surface area (Å²) >= 11 is 0. The number of nitrogens with two attached hydrogens (primary N) is 1. The van der Waals surface area contributed by atoms with Gasteiger partial charge in [-0.15, -0.1) is 0 Å². The molecule has 14 heavy (non-hydrogen) atoms. The highest BCUT2D eigenvalue weighted by Crippen LogP contribution is 2.24. The van der Waals surface area contributed by atoms with E-state index in [4.69, 9.17) is 10.5 Å². The molecule has 0 aromatic heterocycles. The van der Waals surface area contributed by atoms with Crippen molar-refractivity contribution in [3.63, 3.8) is 0 Å². The number of methoxy groups -OCH3 is 1. The molecule has 0 aromatic carbocycles. The van der Waals surface area contributed by atoms with Gasteiger partial charge in [-0.2, -0.15) is 0 Å². The van der Waals surface area contributed by atoms with Crippen molar-refractivity contribution >= 4 is 0 Å². The Morgan fingerprint density at radius 2 is 1.86 bits per heavy atom. The maximum atomic E-state index is 5.86. The number of hydrogen-bond acceptors (Lipinski definition) is 3. The van der Waals surface area contributed by atoms with Gasteiger partial charge in [0.05, 0.1) is 6.61 Å². The molecule has 0 spiro atoms. The molecule has 86 valence electrons. The van der Waals surface area contributed by atoms with Crippen LogP contribution in [0, 0.1) is 5.92 Å². The van der Waals surface area contributed by atoms with E-state index in [0.717, 1.165) is 6.61 Å². The second-order valence-corrected chi connectivity index (χ2v) is 4.63. The van der Waals surface area contributed by atoms with Gasteiger partial charge in [-0.25, -0.2) is 0 Å². The fourth-order valence-corrected chi connectivity index (χ4v) is 1.64. The average Bonchev–Trinajstić information content (AvgIpc) is 2.15. The van der Waals surface area contributed by atoms with Crippen LogP contribution in [0.3, 0.4) is 0 Å². The molecule has 2 N–H and O–H groups in total. The van der Waals surface area contributed by atoms with E-state index in [1.54, 1.807) is 7.11 Å². The van der Waals surface area contributed by atoms with E-state index in [1.807, 2.05) is 0 Å². The Morgan fingerprint density at radius 1 is 1.36 bits per heavy atom. The molecule has 0 rings (SSSR count). The molecule has 3 heteroatoms. The van der Waals surface area contributed by atoms with Gasteiger partial charge in [0.15, 0.2) is 0 Å². The SMILES string of the molecule is COCC(C)N(C)C(C)(CN)C(C)C. The quantitative estimate of drug-likeness (QED) is 0.706. The van der Waals surface area contributed by atoms with Gasteiger partial charge in [0, 0.05) is 25.2 Å². The van der Waals surface area contributed by atoms with E-state index in [9.17, 15) is 0 Å². The largest absolute Gasteiger partial charge is 0.383 e. The summed E-state index contributed by atoms with van der Waals surface area (Å²) in [5.41, 5.74) is 5.91. The standard InChI is InChI=1S/C11H26N2O/c1-9(2)11(4,8-12)13(5)10(3)7-14-6/h9-10H,7-8,12H2,1-6H3. The third-order valence-electron chi connectivity index (χ3n) is 3.53. The molecule has 0 heterocycles. The highest BCUT2D eigenvalue weighted by atomic mass is 16.5. The Kier molecular flexibility index (Phi) is 5.64. The Bertz CT molecular complexity index is 161. The highest BCUT2D eigenvalue weighted by molar-refractivity contribution is 4.90. The molecule has 2 atom stereocenters. The zero-order valence-corrected chi connectivity index (χ0v) is 10.5. The summed E-state index contributed by atoms with van der Waals surface area (Å²) < 4.78 is 5.16. The van der Waals surface area contributed by atoms with E-state index in [2.05, 4.69) is 39.6 Å². The van der Waals surface area contributed by atoms with Gasteiger partial charge < -0.3 is 10.5 Å². The number of ether oxygens (including phenoxy) is 1. The first-order valence-electron chi connectivity index (χ1n) is 5.32. The topological polar surface area (TPSA) is 38.5 Å². The fraction of sp³-hybridized carbons (Fsp3) is 1.00. The molecule has 0 amide bonds. The molecule has 2 unspecified atom stereocenters. The van der Waals surface area contributed by atoms with Gasteiger partial charge >= 0.3 is 0 Å². The van der Waals surface area contributed by atoms with Gasteiger partial charge in [-0.3, -0.25) is 4.90 Å². The van der Waals surface area contributed by atoms with E-state index in [1.165, 1.54) is 0 Å². The molecule has 0 radical (unpaired) electrons. The maximum Gasteiger partial charge on any atom is 0.0615 e. The lowest BCUT2D eigenvalue weighted by atomic mass is 9.86. The minimum atomic E-state index is 0.0535. The maximum absolute atomic E-state index is 5.86. The van der Waals surface area contributed by atoms with Crippen molar-refractivity contribution in [1.82, 2.24) is 4.90 Å². The lowest BCUT2D eigenvalue weighted by Crippen LogP contribution is -2.57. The second-order valence-electron chi connectivity index (χ2n) is 4.63. The molecular formula is C11H26N2O. The van der Waals surface area contributed by atoms with Crippen LogP contribution in [0.25, 0.3) is 0 Å². The normalized spacial score (nSPS) is 18.6. The van der Waals surface area contributed by atoms with Crippen LogP contribution in [-0.2, 0) is 4.74 Å². The molecule has 0 aliphatic heterocycles. The molecule has 3 nitrogen and oxygen atoms in total. The number of likely N-dealkylation sites (N-methyl/N-ethyl adjacent to an activating group) is 1. The molecule has 0 aliphatic rings. The molecule has 0 aromatic rings. The number of rotatable bonds is 6. The lowest BCUT2D eigenvalue weighted by Gasteiger charge is -2.44. The minimum Gasteiger partial charge on any atom is -0.383 e. The summed E-state index contributed by atoms with van der Waals surface area (Å²) in [5, 5.41) is 0. The van der Waals surface area contributed by atoms with Crippen molar-refractivity contribution in [2.24, 2.45) is 11.7 Å². The van der Waals surface area contributed by atoms with Gasteiger partial charge in [-0.05, 0) is 26.8 Å². The van der Waals surface area contributed by atoms with E-state index in [-0.39, 0.29) is 5.54 Å². The van der Waals surface area contributed by atoms with Crippen LogP contribution >= 0.6 is 0 Å². The van der Waals surface area contributed by atoms with Gasteiger partial charge in [0.2, 0.25) is 0 Å². The third-order valence-corrected chi connectivity index (χ3v) is 3.53. The smallest absolute Gasteiger partial charge is 0.0615 e. The highest BCUT2D eigenvalue weighted by Gasteiger charge is 2.33. The summed E-state index contributed by atoms with van der Waals surface area (Å²) in [5.74, 6) is 0.539. The first-order valence-corrected chi connectivity index (χ1v) is 5.32. The lowest BCUT2D eigenvalue weighted by molar-refractivity contribution is 0.0221. The predicted octanol–water partition coefficient (Wildman–Crippen LogP) is 1.33. The first kappa shape index (κ1) is 13.9. The Morgan fingerprint density at radius 3 is 2.14 bits per heavy atom. The number of nitrogens with zero attached hydrogens (tertiary/aromatic N) is 1. The zero-order valence-electron chi connectivity index (χ0n) is 10.5. The molecule has 0 bridgehead atoms. The van der Waals surface area contributed by atoms with Gasteiger partial charge in [0.25, 0.3) is 0 Å². The molecule has 0 saturated heterocycles. The third kappa shape index (κ3) is 2.94. The van der Waals surface area contributed by atoms with Crippen molar-refractivity contribution < 1.29 is 4.74 Å². The summed E-state index contributed by atoms with van der Waals surface area (Å²) in [7, 11) is 3.86. The van der Waals surface area contributed by atoms with Crippen molar-refractivity contribution in [3.05, 3.63) is 0 Å². The number of hydrogen-bond donors (Lipinski definition) is 1. The predicted molar refractivity (Wildman–Crippen MR) is 61.4 cm³/mol. The molecular weight excluding hydrogens is 176 g/mol. The van der Waals surface area contributed by atoms with Crippen LogP contribution in [-0.4, -0.2) is 43.8 Å². The van der Waals surface area contributed by atoms with Crippen LogP contribution in [0.15, 0.2) is 0 Å². The van der Waals surface area contributed by atoms with Crippen LogP contribution in [0.5, 0.6) is 0 Å². The first-order chi connectivity index (χ1) is 6.40. The Hall–Kier alpha value is -0.120. The average molecular weight is 202 g/mol. The van der Waals surface area contributed by atoms with Crippen molar-refractivity contribution in [1.29, 1.82) is 0 Å². The van der Waals surface area contributed by atoms with Crippen molar-refractivity contribution in [2.75, 3.05) is 27.3 Å². The second kappa shape index (κ2) is 5.69. The van der Waals surface area contributed by atoms with Crippen molar-refractivity contribution in [3.8, 4) is 0 Å². The monoisotopic (exact) mass is 202 g/mol. The van der Waals surface area contributed by atoms with Gasteiger partial charge in [0.1, 0.15) is 0 Å². The van der Waals surface area contributed by atoms with Crippen LogP contribution < -0.4 is 5.73 Å². The van der Waals surface area contributed by atoms with Gasteiger partial charge in [-0.1, -0.05) is 13.8 Å². The summed E-state index contributed by atoms with van der Waals surface area (Å²) in [6.45, 7) is 10.2. The summed E-state index contributed by atoms with van der Waals surface area (Å²) in [4.78, 5) is 2.32. The fourth-order valence-electron chi connectivity index (χ4n) is 1.64. The zero-order chi connectivity index (χ0) is 11.4. The van der Waals surface area contributed by atoms with E-state index >= 15 is 0 Å². The summed E-state index contributed by atoms with van der Waals surface area (Å²) in [6.07, 6.45) is 0. The van der Waals surface area contributed by atoms with Crippen LogP contribution in [0.4, 0.5) is 0 Å². The van der Waals surface area contributed by atoms with E-state index < -0.39 is 0 Å². The molecule has 0 aliphatic carbocycles. The van der Waals surface area contributed by atoms with E-state index in [0.29, 0.717) is 18.5 Å². The van der Waals surface area contributed by atoms with Crippen LogP contribution in [0.2, 0.25) is 0 Å². The van der Waals surface area contributed by atoms with Crippen molar-refractivity contribution in [2.45, 2.75) is 39.3 Å². The summed E-state index contributed by atoms with van der Waals surface area (Å²) in [6, 6.07) is 0.399. The molecule has 0 fully saturated rings. The Labute approximate surface area is 88.6 Å². The van der Waals surface area contributed by atoms with Crippen LogP contribution in [0.1, 0.15) is 27.7 Å². The minimum absolute atomic E-state index is 0.0535. The Balaban J connectivity index is 4.51.